The Labute approximate surface area is 201 Å². The summed E-state index contributed by atoms with van der Waals surface area (Å²) < 4.78 is 5.41. The van der Waals surface area contributed by atoms with E-state index in [0.29, 0.717) is 36.0 Å². The number of carbonyl (C=O) groups excluding carboxylic acids is 2. The van der Waals surface area contributed by atoms with Gasteiger partial charge in [-0.15, -0.1) is 11.3 Å². The van der Waals surface area contributed by atoms with Crippen molar-refractivity contribution in [2.24, 2.45) is 0 Å². The molecule has 4 rings (SSSR count). The summed E-state index contributed by atoms with van der Waals surface area (Å²) in [4.78, 5) is 36.2. The molecule has 2 saturated heterocycles. The molecular weight excluding hydrogens is 464 g/mol. The minimum Gasteiger partial charge on any atom is -0.359 e. The first-order valence-corrected chi connectivity index (χ1v) is 12.3. The molecule has 0 spiro atoms. The van der Waals surface area contributed by atoms with Gasteiger partial charge in [0.1, 0.15) is 0 Å². The van der Waals surface area contributed by atoms with Crippen LogP contribution >= 0.6 is 22.9 Å². The van der Waals surface area contributed by atoms with Crippen molar-refractivity contribution in [3.05, 3.63) is 52.0 Å². The quantitative estimate of drug-likeness (QED) is 0.448. The Morgan fingerprint density at radius 1 is 1.18 bits per heavy atom. The maximum atomic E-state index is 12.6. The molecule has 0 saturated carbocycles. The van der Waals surface area contributed by atoms with Gasteiger partial charge >= 0.3 is 0 Å². The lowest BCUT2D eigenvalue weighted by atomic mass is 10.0. The Bertz CT molecular complexity index is 967. The van der Waals surface area contributed by atoms with Crippen LogP contribution < -0.4 is 10.8 Å². The van der Waals surface area contributed by atoms with Gasteiger partial charge in [0.15, 0.2) is 11.4 Å². The number of benzene rings is 1. The smallest absolute Gasteiger partial charge is 0.267 e. The monoisotopic (exact) mass is 490 g/mol. The molecule has 176 valence electrons. The third-order valence-electron chi connectivity index (χ3n) is 5.56. The fraction of sp³-hybridized carbons (Fsp3) is 0.435. The van der Waals surface area contributed by atoms with Gasteiger partial charge in [0.25, 0.3) is 11.8 Å². The van der Waals surface area contributed by atoms with E-state index in [2.05, 4.69) is 15.8 Å². The first-order valence-electron chi connectivity index (χ1n) is 11.1. The number of amides is 2. The van der Waals surface area contributed by atoms with Crippen molar-refractivity contribution in [1.29, 1.82) is 0 Å². The molecular formula is C23H27ClN4O4S. The van der Waals surface area contributed by atoms with E-state index in [1.54, 1.807) is 30.3 Å². The van der Waals surface area contributed by atoms with Crippen LogP contribution in [0.4, 0.5) is 5.13 Å². The molecule has 1 aromatic carbocycles. The highest BCUT2D eigenvalue weighted by Crippen LogP contribution is 2.22. The number of hydrogen-bond acceptors (Lipinski definition) is 7. The molecule has 2 aromatic rings. The van der Waals surface area contributed by atoms with Crippen molar-refractivity contribution in [1.82, 2.24) is 15.4 Å². The van der Waals surface area contributed by atoms with Gasteiger partial charge in [0.05, 0.1) is 5.69 Å². The fourth-order valence-electron chi connectivity index (χ4n) is 3.73. The minimum absolute atomic E-state index is 0.0316. The lowest BCUT2D eigenvalue weighted by Crippen LogP contribution is -2.42. The topological polar surface area (TPSA) is 92.8 Å². The third kappa shape index (κ3) is 7.01. The van der Waals surface area contributed by atoms with Crippen molar-refractivity contribution in [2.45, 2.75) is 44.4 Å². The van der Waals surface area contributed by atoms with Crippen LogP contribution in [0.2, 0.25) is 5.02 Å². The maximum absolute atomic E-state index is 12.6. The van der Waals surface area contributed by atoms with Gasteiger partial charge in [0.2, 0.25) is 0 Å². The molecule has 10 heteroatoms. The Kier molecular flexibility index (Phi) is 8.33. The maximum Gasteiger partial charge on any atom is 0.267 e. The van der Waals surface area contributed by atoms with E-state index >= 15 is 0 Å². The van der Waals surface area contributed by atoms with Crippen LogP contribution in [0.5, 0.6) is 0 Å². The lowest BCUT2D eigenvalue weighted by Gasteiger charge is -2.32. The van der Waals surface area contributed by atoms with Crippen molar-refractivity contribution in [3.63, 3.8) is 0 Å². The normalized spacial score (nSPS) is 19.5. The van der Waals surface area contributed by atoms with Crippen LogP contribution in [0.3, 0.4) is 0 Å². The first kappa shape index (κ1) is 23.7. The van der Waals surface area contributed by atoms with Crippen molar-refractivity contribution >= 4 is 46.0 Å². The molecule has 0 bridgehead atoms. The van der Waals surface area contributed by atoms with Crippen LogP contribution in [0.25, 0.3) is 6.08 Å². The SMILES string of the molecule is O=C(C=Cc1csc(NC2CCN(C(=O)c3ccc(Cl)cc3)CC2)n1)NOC1CCCCO1. The number of piperidine rings is 1. The lowest BCUT2D eigenvalue weighted by molar-refractivity contribution is -0.198. The Balaban J connectivity index is 1.19. The summed E-state index contributed by atoms with van der Waals surface area (Å²) in [5.74, 6) is -0.325. The van der Waals surface area contributed by atoms with Gasteiger partial charge in [-0.05, 0) is 56.0 Å². The number of hydrogen-bond donors (Lipinski definition) is 2. The highest BCUT2D eigenvalue weighted by molar-refractivity contribution is 7.13. The summed E-state index contributed by atoms with van der Waals surface area (Å²) in [7, 11) is 0. The van der Waals surface area contributed by atoms with E-state index in [0.717, 1.165) is 37.2 Å². The van der Waals surface area contributed by atoms with Crippen LogP contribution in [0.15, 0.2) is 35.7 Å². The zero-order valence-electron chi connectivity index (χ0n) is 18.2. The predicted octanol–water partition coefficient (Wildman–Crippen LogP) is 4.10. The zero-order valence-corrected chi connectivity index (χ0v) is 19.7. The molecule has 1 unspecified atom stereocenters. The molecule has 2 aliphatic heterocycles. The second-order valence-electron chi connectivity index (χ2n) is 8.01. The van der Waals surface area contributed by atoms with Crippen LogP contribution in [-0.2, 0) is 14.4 Å². The van der Waals surface area contributed by atoms with Crippen molar-refractivity contribution in [3.8, 4) is 0 Å². The number of thiazole rings is 1. The number of nitrogens with zero attached hydrogens (tertiary/aromatic N) is 2. The number of hydroxylamine groups is 1. The molecule has 0 radical (unpaired) electrons. The average Bonchev–Trinajstić information content (AvgIpc) is 3.30. The highest BCUT2D eigenvalue weighted by atomic mass is 35.5. The van der Waals surface area contributed by atoms with Gasteiger partial charge in [-0.1, -0.05) is 11.6 Å². The summed E-state index contributed by atoms with van der Waals surface area (Å²) in [6.07, 6.45) is 7.17. The molecule has 1 atom stereocenters. The molecule has 3 heterocycles. The molecule has 2 fully saturated rings. The molecule has 2 N–H and O–H groups in total. The van der Waals surface area contributed by atoms with E-state index in [1.807, 2.05) is 10.3 Å². The van der Waals surface area contributed by atoms with E-state index in [1.165, 1.54) is 17.4 Å². The molecule has 1 aromatic heterocycles. The van der Waals surface area contributed by atoms with Gasteiger partial charge in [-0.2, -0.15) is 0 Å². The van der Waals surface area contributed by atoms with Gasteiger partial charge < -0.3 is 15.0 Å². The van der Waals surface area contributed by atoms with E-state index in [9.17, 15) is 9.59 Å². The summed E-state index contributed by atoms with van der Waals surface area (Å²) in [6.45, 7) is 2.02. The summed E-state index contributed by atoms with van der Waals surface area (Å²) >= 11 is 7.39. The van der Waals surface area contributed by atoms with Gasteiger partial charge in [-0.3, -0.25) is 9.59 Å². The van der Waals surface area contributed by atoms with E-state index in [-0.39, 0.29) is 24.1 Å². The van der Waals surface area contributed by atoms with Crippen LogP contribution in [0.1, 0.15) is 48.2 Å². The van der Waals surface area contributed by atoms with Crippen molar-refractivity contribution < 1.29 is 19.2 Å². The van der Waals surface area contributed by atoms with Crippen LogP contribution in [-0.4, -0.2) is 53.7 Å². The van der Waals surface area contributed by atoms with Gasteiger partial charge in [0, 0.05) is 54.2 Å². The first-order chi connectivity index (χ1) is 16.1. The number of halogens is 1. The standard InChI is InChI=1S/C23H27ClN4O4S/c24-17-6-4-16(5-7-17)22(30)28-12-10-18(11-13-28)25-23-26-19(15-33-23)8-9-20(29)27-32-21-3-1-2-14-31-21/h4-9,15,18,21H,1-3,10-14H2,(H,25,26)(H,27,29). The number of rotatable bonds is 7. The Morgan fingerprint density at radius 3 is 2.70 bits per heavy atom. The third-order valence-corrected chi connectivity index (χ3v) is 6.60. The molecule has 33 heavy (non-hydrogen) atoms. The number of nitrogens with one attached hydrogen (secondary N) is 2. The van der Waals surface area contributed by atoms with E-state index in [4.69, 9.17) is 21.2 Å². The summed E-state index contributed by atoms with van der Waals surface area (Å²) in [5, 5.41) is 6.74. The number of anilines is 1. The summed E-state index contributed by atoms with van der Waals surface area (Å²) in [5.41, 5.74) is 3.75. The number of likely N-dealkylation sites (tertiary alicyclic amines) is 1. The number of carbonyl (C=O) groups is 2. The molecule has 0 aliphatic carbocycles. The highest BCUT2D eigenvalue weighted by Gasteiger charge is 2.24. The Morgan fingerprint density at radius 2 is 1.97 bits per heavy atom. The average molecular weight is 491 g/mol. The molecule has 2 amide bonds. The molecule has 2 aliphatic rings. The fourth-order valence-corrected chi connectivity index (χ4v) is 4.61. The second kappa shape index (κ2) is 11.6. The second-order valence-corrected chi connectivity index (χ2v) is 9.30. The zero-order chi connectivity index (χ0) is 23.0. The molecule has 8 nitrogen and oxygen atoms in total. The summed E-state index contributed by atoms with van der Waals surface area (Å²) in [6, 6.07) is 7.24. The largest absolute Gasteiger partial charge is 0.359 e. The number of ether oxygens (including phenoxy) is 1. The predicted molar refractivity (Wildman–Crippen MR) is 128 cm³/mol. The van der Waals surface area contributed by atoms with E-state index < -0.39 is 0 Å². The minimum atomic E-state index is -0.376. The Hall–Kier alpha value is -2.46. The van der Waals surface area contributed by atoms with Crippen molar-refractivity contribution in [2.75, 3.05) is 25.0 Å². The number of aromatic nitrogens is 1. The van der Waals surface area contributed by atoms with Gasteiger partial charge in [-0.25, -0.2) is 15.3 Å². The van der Waals surface area contributed by atoms with Crippen LogP contribution in [0, 0.1) is 0 Å².